The van der Waals surface area contributed by atoms with Crippen LogP contribution >= 0.6 is 11.6 Å². The fraction of sp³-hybridized carbons (Fsp3) is 0.227. The van der Waals surface area contributed by atoms with Crippen LogP contribution in [0.15, 0.2) is 42.6 Å². The van der Waals surface area contributed by atoms with E-state index < -0.39 is 5.97 Å². The van der Waals surface area contributed by atoms with Crippen LogP contribution in [-0.2, 0) is 22.5 Å². The van der Waals surface area contributed by atoms with Gasteiger partial charge in [-0.1, -0.05) is 36.7 Å². The Morgan fingerprint density at radius 3 is 2.69 bits per heavy atom. The molecule has 0 aliphatic heterocycles. The van der Waals surface area contributed by atoms with Crippen LogP contribution in [0.1, 0.15) is 40.1 Å². The lowest BCUT2D eigenvalue weighted by Gasteiger charge is -2.11. The fourth-order valence-corrected chi connectivity index (χ4v) is 3.49. The molecule has 0 aliphatic carbocycles. The molecule has 150 valence electrons. The van der Waals surface area contributed by atoms with Gasteiger partial charge in [0.25, 0.3) is 0 Å². The van der Waals surface area contributed by atoms with Crippen molar-refractivity contribution < 1.29 is 19.1 Å². The van der Waals surface area contributed by atoms with Crippen molar-refractivity contribution in [2.24, 2.45) is 0 Å². The molecule has 0 saturated heterocycles. The zero-order chi connectivity index (χ0) is 21.0. The molecule has 0 unspecified atom stereocenters. The predicted molar refractivity (Wildman–Crippen MR) is 113 cm³/mol. The molecule has 1 heterocycles. The molecule has 0 atom stereocenters. The third kappa shape index (κ3) is 4.32. The minimum atomic E-state index is -0.548. The van der Waals surface area contributed by atoms with Crippen LogP contribution in [0.5, 0.6) is 0 Å². The number of fused-ring (bicyclic) bond motifs is 1. The Hall–Kier alpha value is -3.12. The van der Waals surface area contributed by atoms with Gasteiger partial charge >= 0.3 is 5.97 Å². The van der Waals surface area contributed by atoms with E-state index in [0.717, 1.165) is 29.2 Å². The molecule has 0 bridgehead atoms. The van der Waals surface area contributed by atoms with Gasteiger partial charge in [0.1, 0.15) is 6.54 Å². The summed E-state index contributed by atoms with van der Waals surface area (Å²) < 4.78 is 6.75. The van der Waals surface area contributed by atoms with Gasteiger partial charge in [0.05, 0.1) is 22.7 Å². The molecule has 3 rings (SSSR count). The highest BCUT2D eigenvalue weighted by molar-refractivity contribution is 6.33. The van der Waals surface area contributed by atoms with Gasteiger partial charge in [-0.15, -0.1) is 0 Å². The Balaban J connectivity index is 1.86. The molecular weight excluding hydrogens is 392 g/mol. The lowest BCUT2D eigenvalue weighted by Crippen LogP contribution is -2.19. The van der Waals surface area contributed by atoms with Crippen LogP contribution in [0.25, 0.3) is 10.9 Å². The molecule has 1 amide bonds. The van der Waals surface area contributed by atoms with E-state index in [2.05, 4.69) is 5.32 Å². The van der Waals surface area contributed by atoms with Crippen molar-refractivity contribution >= 4 is 46.4 Å². The highest BCUT2D eigenvalue weighted by Gasteiger charge is 2.16. The molecule has 29 heavy (non-hydrogen) atoms. The van der Waals surface area contributed by atoms with Crippen molar-refractivity contribution in [2.75, 3.05) is 11.9 Å². The van der Waals surface area contributed by atoms with Crippen LogP contribution in [0.4, 0.5) is 5.69 Å². The van der Waals surface area contributed by atoms with E-state index in [1.54, 1.807) is 23.8 Å². The number of benzene rings is 2. The maximum atomic E-state index is 12.6. The lowest BCUT2D eigenvalue weighted by molar-refractivity contribution is -0.116. The van der Waals surface area contributed by atoms with Crippen molar-refractivity contribution in [3.8, 4) is 0 Å². The Labute approximate surface area is 173 Å². The highest BCUT2D eigenvalue weighted by atomic mass is 35.5. The number of carbonyl (C=O) groups is 3. The van der Waals surface area contributed by atoms with Gasteiger partial charge in [-0.05, 0) is 37.1 Å². The number of anilines is 1. The number of amides is 1. The van der Waals surface area contributed by atoms with E-state index in [9.17, 15) is 14.4 Å². The lowest BCUT2D eigenvalue weighted by atomic mass is 10.1. The Bertz CT molecular complexity index is 1090. The molecule has 2 aromatic carbocycles. The SMILES string of the molecule is CCOC(=O)c1cc(NC(=O)Cn2cc(C=O)c3cccc(CC)c32)ccc1Cl. The average molecular weight is 413 g/mol. The molecule has 0 radical (unpaired) electrons. The molecule has 0 fully saturated rings. The largest absolute Gasteiger partial charge is 0.462 e. The third-order valence-corrected chi connectivity index (χ3v) is 4.91. The summed E-state index contributed by atoms with van der Waals surface area (Å²) in [5.74, 6) is -0.837. The second-order valence-electron chi connectivity index (χ2n) is 6.46. The van der Waals surface area contributed by atoms with Crippen LogP contribution in [0, 0.1) is 0 Å². The summed E-state index contributed by atoms with van der Waals surface area (Å²) in [5.41, 5.74) is 3.09. The van der Waals surface area contributed by atoms with Crippen LogP contribution in [0.2, 0.25) is 5.02 Å². The summed E-state index contributed by atoms with van der Waals surface area (Å²) in [6, 6.07) is 10.4. The number of nitrogens with zero attached hydrogens (tertiary/aromatic N) is 1. The van der Waals surface area contributed by atoms with E-state index >= 15 is 0 Å². The van der Waals surface area contributed by atoms with Crippen LogP contribution in [0.3, 0.4) is 0 Å². The number of hydrogen-bond donors (Lipinski definition) is 1. The number of carbonyl (C=O) groups excluding carboxylic acids is 3. The summed E-state index contributed by atoms with van der Waals surface area (Å²) in [4.78, 5) is 36.1. The summed E-state index contributed by atoms with van der Waals surface area (Å²) in [6.45, 7) is 3.98. The number of nitrogens with one attached hydrogen (secondary N) is 1. The fourth-order valence-electron chi connectivity index (χ4n) is 3.29. The Morgan fingerprint density at radius 2 is 2.00 bits per heavy atom. The number of esters is 1. The van der Waals surface area contributed by atoms with Gasteiger partial charge < -0.3 is 14.6 Å². The van der Waals surface area contributed by atoms with E-state index in [1.165, 1.54) is 12.1 Å². The van der Waals surface area contributed by atoms with Crippen molar-refractivity contribution in [1.29, 1.82) is 0 Å². The zero-order valence-corrected chi connectivity index (χ0v) is 17.0. The van der Waals surface area contributed by atoms with E-state index in [0.29, 0.717) is 11.3 Å². The van der Waals surface area contributed by atoms with Gasteiger partial charge in [-0.25, -0.2) is 4.79 Å². The molecule has 0 aliphatic rings. The van der Waals surface area contributed by atoms with E-state index in [4.69, 9.17) is 16.3 Å². The Morgan fingerprint density at radius 1 is 1.21 bits per heavy atom. The second-order valence-corrected chi connectivity index (χ2v) is 6.87. The summed E-state index contributed by atoms with van der Waals surface area (Å²) in [7, 11) is 0. The van der Waals surface area contributed by atoms with Gasteiger partial charge in [-0.2, -0.15) is 0 Å². The highest BCUT2D eigenvalue weighted by Crippen LogP contribution is 2.25. The predicted octanol–water partition coefficient (Wildman–Crippen LogP) is 4.49. The average Bonchev–Trinajstić information content (AvgIpc) is 3.07. The van der Waals surface area contributed by atoms with Gasteiger partial charge in [-0.3, -0.25) is 9.59 Å². The first-order valence-corrected chi connectivity index (χ1v) is 9.68. The first-order chi connectivity index (χ1) is 14.0. The molecule has 6 nitrogen and oxygen atoms in total. The standard InChI is InChI=1S/C22H21ClN2O4/c1-3-14-6-5-7-17-15(13-26)11-25(21(14)17)12-20(27)24-16-8-9-19(23)18(10-16)22(28)29-4-2/h5-11,13H,3-4,12H2,1-2H3,(H,24,27). The molecule has 7 heteroatoms. The molecular formula is C22H21ClN2O4. The Kier molecular flexibility index (Phi) is 6.34. The first kappa shape index (κ1) is 20.6. The second kappa shape index (κ2) is 8.92. The number of para-hydroxylation sites is 1. The zero-order valence-electron chi connectivity index (χ0n) is 16.2. The van der Waals surface area contributed by atoms with Crippen molar-refractivity contribution in [3.05, 3.63) is 64.3 Å². The van der Waals surface area contributed by atoms with Crippen molar-refractivity contribution in [2.45, 2.75) is 26.8 Å². The smallest absolute Gasteiger partial charge is 0.339 e. The molecule has 1 N–H and O–H groups in total. The molecule has 0 saturated carbocycles. The number of halogens is 1. The van der Waals surface area contributed by atoms with E-state index in [1.807, 2.05) is 25.1 Å². The summed E-state index contributed by atoms with van der Waals surface area (Å²) >= 11 is 6.06. The quantitative estimate of drug-likeness (QED) is 0.458. The number of hydrogen-bond acceptors (Lipinski definition) is 4. The third-order valence-electron chi connectivity index (χ3n) is 4.58. The monoisotopic (exact) mass is 412 g/mol. The number of rotatable bonds is 7. The van der Waals surface area contributed by atoms with Crippen LogP contribution < -0.4 is 5.32 Å². The minimum absolute atomic E-state index is 0.0265. The number of ether oxygens (including phenoxy) is 1. The molecule has 3 aromatic rings. The number of aryl methyl sites for hydroxylation is 1. The maximum Gasteiger partial charge on any atom is 0.339 e. The van der Waals surface area contributed by atoms with E-state index in [-0.39, 0.29) is 29.6 Å². The van der Waals surface area contributed by atoms with Gasteiger partial charge in [0.15, 0.2) is 6.29 Å². The first-order valence-electron chi connectivity index (χ1n) is 9.30. The van der Waals surface area contributed by atoms with Gasteiger partial charge in [0, 0.05) is 22.8 Å². The number of aromatic nitrogens is 1. The maximum absolute atomic E-state index is 12.6. The van der Waals surface area contributed by atoms with Crippen molar-refractivity contribution in [1.82, 2.24) is 4.57 Å². The minimum Gasteiger partial charge on any atom is -0.462 e. The normalized spacial score (nSPS) is 10.7. The van der Waals surface area contributed by atoms with Gasteiger partial charge in [0.2, 0.25) is 5.91 Å². The topological polar surface area (TPSA) is 77.4 Å². The van der Waals surface area contributed by atoms with Crippen molar-refractivity contribution in [3.63, 3.8) is 0 Å². The molecule has 0 spiro atoms. The summed E-state index contributed by atoms with van der Waals surface area (Å²) in [6.07, 6.45) is 3.25. The number of aldehydes is 1. The summed E-state index contributed by atoms with van der Waals surface area (Å²) in [5, 5.41) is 3.84. The molecule has 1 aromatic heterocycles. The van der Waals surface area contributed by atoms with Crippen LogP contribution in [-0.4, -0.2) is 29.3 Å².